The van der Waals surface area contributed by atoms with Gasteiger partial charge in [-0.2, -0.15) is 0 Å². The molecule has 0 heterocycles. The molecule has 1 aromatic rings. The number of halogens is 1. The van der Waals surface area contributed by atoms with E-state index in [0.717, 1.165) is 5.56 Å². The summed E-state index contributed by atoms with van der Waals surface area (Å²) in [5, 5.41) is 2.63. The maximum absolute atomic E-state index is 11.2. The fourth-order valence-corrected chi connectivity index (χ4v) is 1.32. The number of carbonyl (C=O) groups is 2. The van der Waals surface area contributed by atoms with Crippen LogP contribution in [0.3, 0.4) is 0 Å². The molecule has 1 aromatic carbocycles. The molecule has 0 atom stereocenters. The van der Waals surface area contributed by atoms with Crippen molar-refractivity contribution in [2.75, 3.05) is 11.2 Å². The van der Waals surface area contributed by atoms with Crippen molar-refractivity contribution in [3.8, 4) is 0 Å². The number of Topliss-reactive ketones (excluding diaryl/α,β-unsaturated/α-hetero) is 1. The van der Waals surface area contributed by atoms with Crippen molar-refractivity contribution in [1.82, 2.24) is 0 Å². The van der Waals surface area contributed by atoms with Gasteiger partial charge in [-0.1, -0.05) is 19.1 Å². The molecule has 1 N–H and O–H groups in total. The molecular weight excluding hydrogens is 226 g/mol. The molecule has 0 unspecified atom stereocenters. The Morgan fingerprint density at radius 1 is 1.25 bits per heavy atom. The molecular formula is C12H14ClNO2. The quantitative estimate of drug-likeness (QED) is 0.802. The first kappa shape index (κ1) is 12.7. The predicted octanol–water partition coefficient (Wildman–Crippen LogP) is 2.39. The van der Waals surface area contributed by atoms with Gasteiger partial charge in [-0.15, -0.1) is 11.6 Å². The Bertz CT molecular complexity index is 336. The zero-order chi connectivity index (χ0) is 12.0. The number of anilines is 1. The van der Waals surface area contributed by atoms with Crippen LogP contribution >= 0.6 is 11.6 Å². The van der Waals surface area contributed by atoms with Crippen molar-refractivity contribution >= 4 is 29.0 Å². The maximum Gasteiger partial charge on any atom is 0.239 e. The summed E-state index contributed by atoms with van der Waals surface area (Å²) in [6.45, 7) is 1.84. The third-order valence-electron chi connectivity index (χ3n) is 2.15. The molecule has 3 nitrogen and oxygen atoms in total. The topological polar surface area (TPSA) is 46.2 Å². The van der Waals surface area contributed by atoms with Gasteiger partial charge >= 0.3 is 0 Å². The van der Waals surface area contributed by atoms with Crippen LogP contribution < -0.4 is 5.32 Å². The largest absolute Gasteiger partial charge is 0.325 e. The van der Waals surface area contributed by atoms with Crippen molar-refractivity contribution in [3.63, 3.8) is 0 Å². The lowest BCUT2D eigenvalue weighted by Crippen LogP contribution is -2.12. The third kappa shape index (κ3) is 4.03. The Kier molecular flexibility index (Phi) is 4.99. The van der Waals surface area contributed by atoms with Crippen LogP contribution in [0.2, 0.25) is 0 Å². The van der Waals surface area contributed by atoms with Gasteiger partial charge in [0, 0.05) is 18.5 Å². The summed E-state index contributed by atoms with van der Waals surface area (Å²) in [6, 6.07) is 7.19. The SMILES string of the molecule is CCC(=O)Cc1ccc(NC(=O)CCl)cc1. The monoisotopic (exact) mass is 239 g/mol. The Morgan fingerprint density at radius 2 is 1.88 bits per heavy atom. The van der Waals surface area contributed by atoms with Crippen LogP contribution in [-0.2, 0) is 16.0 Å². The average Bonchev–Trinajstić information content (AvgIpc) is 2.31. The van der Waals surface area contributed by atoms with Gasteiger partial charge in [0.05, 0.1) is 0 Å². The molecule has 4 heteroatoms. The van der Waals surface area contributed by atoms with Crippen molar-refractivity contribution in [2.45, 2.75) is 19.8 Å². The molecule has 0 saturated heterocycles. The highest BCUT2D eigenvalue weighted by molar-refractivity contribution is 6.29. The molecule has 0 aliphatic carbocycles. The maximum atomic E-state index is 11.2. The zero-order valence-corrected chi connectivity index (χ0v) is 9.88. The lowest BCUT2D eigenvalue weighted by atomic mass is 10.1. The van der Waals surface area contributed by atoms with Gasteiger partial charge in [-0.05, 0) is 17.7 Å². The number of amides is 1. The second kappa shape index (κ2) is 6.28. The number of carbonyl (C=O) groups excluding carboxylic acids is 2. The minimum Gasteiger partial charge on any atom is -0.325 e. The fourth-order valence-electron chi connectivity index (χ4n) is 1.25. The molecule has 0 aliphatic heterocycles. The Hall–Kier alpha value is -1.35. The van der Waals surface area contributed by atoms with Crippen molar-refractivity contribution < 1.29 is 9.59 Å². The summed E-state index contributed by atoms with van der Waals surface area (Å²) >= 11 is 5.36. The molecule has 0 radical (unpaired) electrons. The first-order valence-electron chi connectivity index (χ1n) is 5.12. The Balaban J connectivity index is 2.60. The normalized spacial score (nSPS) is 9.88. The van der Waals surface area contributed by atoms with Crippen LogP contribution in [0.15, 0.2) is 24.3 Å². The van der Waals surface area contributed by atoms with Gasteiger partial charge in [-0.3, -0.25) is 9.59 Å². The van der Waals surface area contributed by atoms with E-state index in [4.69, 9.17) is 11.6 Å². The molecule has 0 aromatic heterocycles. The zero-order valence-electron chi connectivity index (χ0n) is 9.13. The lowest BCUT2D eigenvalue weighted by Gasteiger charge is -2.04. The number of alkyl halides is 1. The van der Waals surface area contributed by atoms with E-state index in [1.54, 1.807) is 12.1 Å². The van der Waals surface area contributed by atoms with Crippen molar-refractivity contribution in [1.29, 1.82) is 0 Å². The van der Waals surface area contributed by atoms with Gasteiger partial charge in [0.2, 0.25) is 5.91 Å². The molecule has 0 spiro atoms. The summed E-state index contributed by atoms with van der Waals surface area (Å²) in [5.41, 5.74) is 1.65. The van der Waals surface area contributed by atoms with Crippen molar-refractivity contribution in [2.24, 2.45) is 0 Å². The third-order valence-corrected chi connectivity index (χ3v) is 2.40. The number of hydrogen-bond acceptors (Lipinski definition) is 2. The number of nitrogens with one attached hydrogen (secondary N) is 1. The smallest absolute Gasteiger partial charge is 0.239 e. The van der Waals surface area contributed by atoms with Crippen LogP contribution in [0.25, 0.3) is 0 Å². The Morgan fingerprint density at radius 3 is 2.38 bits per heavy atom. The highest BCUT2D eigenvalue weighted by Crippen LogP contribution is 2.10. The van der Waals surface area contributed by atoms with E-state index >= 15 is 0 Å². The second-order valence-corrected chi connectivity index (χ2v) is 3.71. The number of benzene rings is 1. The molecule has 1 rings (SSSR count). The van der Waals surface area contributed by atoms with Gasteiger partial charge in [-0.25, -0.2) is 0 Å². The van der Waals surface area contributed by atoms with E-state index in [9.17, 15) is 9.59 Å². The summed E-state index contributed by atoms with van der Waals surface area (Å²) in [6.07, 6.45) is 0.991. The summed E-state index contributed by atoms with van der Waals surface area (Å²) in [5.74, 6) is -0.0904. The van der Waals surface area contributed by atoms with Gasteiger partial charge in [0.1, 0.15) is 11.7 Å². The average molecular weight is 240 g/mol. The second-order valence-electron chi connectivity index (χ2n) is 3.45. The van der Waals surface area contributed by atoms with E-state index in [2.05, 4.69) is 5.32 Å². The minimum atomic E-state index is -0.237. The molecule has 16 heavy (non-hydrogen) atoms. The van der Waals surface area contributed by atoms with E-state index in [-0.39, 0.29) is 17.6 Å². The van der Waals surface area contributed by atoms with E-state index in [1.165, 1.54) is 0 Å². The highest BCUT2D eigenvalue weighted by Gasteiger charge is 2.02. The van der Waals surface area contributed by atoms with Crippen LogP contribution in [0, 0.1) is 0 Å². The molecule has 0 fully saturated rings. The summed E-state index contributed by atoms with van der Waals surface area (Å²) in [7, 11) is 0. The van der Waals surface area contributed by atoms with Crippen molar-refractivity contribution in [3.05, 3.63) is 29.8 Å². The number of hydrogen-bond donors (Lipinski definition) is 1. The first-order valence-corrected chi connectivity index (χ1v) is 5.65. The van der Waals surface area contributed by atoms with Crippen LogP contribution in [0.5, 0.6) is 0 Å². The molecule has 86 valence electrons. The minimum absolute atomic E-state index is 0.0595. The number of rotatable bonds is 5. The standard InChI is InChI=1S/C12H14ClNO2/c1-2-11(15)7-9-3-5-10(6-4-9)14-12(16)8-13/h3-6H,2,7-8H2,1H3,(H,14,16). The van der Waals surface area contributed by atoms with E-state index in [0.29, 0.717) is 18.5 Å². The van der Waals surface area contributed by atoms with Gasteiger partial charge in [0.15, 0.2) is 0 Å². The van der Waals surface area contributed by atoms with E-state index in [1.807, 2.05) is 19.1 Å². The van der Waals surface area contributed by atoms with E-state index < -0.39 is 0 Å². The molecule has 0 saturated carbocycles. The van der Waals surface area contributed by atoms with Gasteiger partial charge in [0.25, 0.3) is 0 Å². The molecule has 1 amide bonds. The molecule has 0 bridgehead atoms. The van der Waals surface area contributed by atoms with Crippen LogP contribution in [0.4, 0.5) is 5.69 Å². The summed E-state index contributed by atoms with van der Waals surface area (Å²) < 4.78 is 0. The fraction of sp³-hybridized carbons (Fsp3) is 0.333. The van der Waals surface area contributed by atoms with Crippen LogP contribution in [0.1, 0.15) is 18.9 Å². The summed E-state index contributed by atoms with van der Waals surface area (Å²) in [4.78, 5) is 22.2. The Labute approximate surface area is 99.8 Å². The lowest BCUT2D eigenvalue weighted by molar-refractivity contribution is -0.118. The highest BCUT2D eigenvalue weighted by atomic mass is 35.5. The molecule has 0 aliphatic rings. The first-order chi connectivity index (χ1) is 7.65. The van der Waals surface area contributed by atoms with Gasteiger partial charge < -0.3 is 5.32 Å². The van der Waals surface area contributed by atoms with Crippen LogP contribution in [-0.4, -0.2) is 17.6 Å². The predicted molar refractivity (Wildman–Crippen MR) is 64.8 cm³/mol. The number of ketones is 1.